The minimum absolute atomic E-state index is 0.0117. The molecule has 1 aromatic heterocycles. The topological polar surface area (TPSA) is 25.2 Å². The van der Waals surface area contributed by atoms with Gasteiger partial charge in [0.1, 0.15) is 0 Å². The molecule has 0 aliphatic heterocycles. The van der Waals surface area contributed by atoms with E-state index in [1.807, 2.05) is 6.21 Å². The number of hydrogen-bond donors (Lipinski definition) is 0. The maximum Gasteiger partial charge on any atom is 0.0814 e. The van der Waals surface area contributed by atoms with Crippen LogP contribution in [0.5, 0.6) is 0 Å². The number of pyridine rings is 1. The number of nitrogens with zero attached hydrogens (tertiary/aromatic N) is 2. The van der Waals surface area contributed by atoms with Gasteiger partial charge in [0.05, 0.1) is 11.7 Å². The summed E-state index contributed by atoms with van der Waals surface area (Å²) >= 11 is 0. The summed E-state index contributed by atoms with van der Waals surface area (Å²) in [6, 6.07) is 26.5. The maximum atomic E-state index is 5.23. The minimum atomic E-state index is -0.519. The van der Waals surface area contributed by atoms with Gasteiger partial charge in [-0.05, 0) is 53.2 Å². The molecule has 0 fully saturated rings. The third kappa shape index (κ3) is 7.58. The van der Waals surface area contributed by atoms with Crippen molar-refractivity contribution in [3.05, 3.63) is 89.7 Å². The summed E-state index contributed by atoms with van der Waals surface area (Å²) in [5.41, 5.74) is 3.47. The van der Waals surface area contributed by atoms with Crippen LogP contribution in [0.3, 0.4) is 0 Å². The Morgan fingerprint density at radius 1 is 0.743 bits per heavy atom. The number of aromatic nitrogens is 1. The standard InChI is InChI=1S/C32H43N2P/c1-30(2,3)24-20-25(34-28(21-24)31(4,5)6)22-33-29(32(7,8)9)23-35(26-16-12-10-13-17-26)27-18-14-11-15-19-27/h10-22,29H,23H2,1-9H3/t29-/m1/s1. The first-order valence-electron chi connectivity index (χ1n) is 12.7. The van der Waals surface area contributed by atoms with E-state index in [9.17, 15) is 0 Å². The fourth-order valence-corrected chi connectivity index (χ4v) is 6.67. The summed E-state index contributed by atoms with van der Waals surface area (Å²) in [5.74, 6) is 0. The monoisotopic (exact) mass is 486 g/mol. The van der Waals surface area contributed by atoms with Crippen LogP contribution in [0.2, 0.25) is 0 Å². The molecule has 2 nitrogen and oxygen atoms in total. The van der Waals surface area contributed by atoms with Gasteiger partial charge in [-0.1, -0.05) is 123 Å². The third-order valence-corrected chi connectivity index (χ3v) is 8.91. The van der Waals surface area contributed by atoms with Crippen LogP contribution in [0.15, 0.2) is 77.8 Å². The molecule has 0 unspecified atom stereocenters. The average Bonchev–Trinajstić information content (AvgIpc) is 2.78. The van der Waals surface area contributed by atoms with E-state index in [-0.39, 0.29) is 22.3 Å². The molecule has 35 heavy (non-hydrogen) atoms. The van der Waals surface area contributed by atoms with Gasteiger partial charge in [-0.25, -0.2) is 0 Å². The van der Waals surface area contributed by atoms with E-state index in [1.54, 1.807) is 0 Å². The first-order valence-corrected chi connectivity index (χ1v) is 14.2. The van der Waals surface area contributed by atoms with E-state index < -0.39 is 7.92 Å². The zero-order chi connectivity index (χ0) is 25.9. The predicted octanol–water partition coefficient (Wildman–Crippen LogP) is 7.64. The van der Waals surface area contributed by atoms with E-state index in [2.05, 4.69) is 135 Å². The van der Waals surface area contributed by atoms with Gasteiger partial charge < -0.3 is 0 Å². The van der Waals surface area contributed by atoms with Crippen LogP contribution in [0, 0.1) is 5.41 Å². The van der Waals surface area contributed by atoms with Crippen molar-refractivity contribution in [3.8, 4) is 0 Å². The van der Waals surface area contributed by atoms with Crippen molar-refractivity contribution < 1.29 is 0 Å². The van der Waals surface area contributed by atoms with Gasteiger partial charge in [-0.15, -0.1) is 0 Å². The number of hydrogen-bond acceptors (Lipinski definition) is 2. The second kappa shape index (κ2) is 10.8. The second-order valence-corrected chi connectivity index (χ2v) is 14.9. The molecule has 0 bridgehead atoms. The second-order valence-electron chi connectivity index (χ2n) is 12.6. The molecule has 0 N–H and O–H groups in total. The van der Waals surface area contributed by atoms with Crippen LogP contribution in [0.4, 0.5) is 0 Å². The third-order valence-electron chi connectivity index (χ3n) is 6.36. The lowest BCUT2D eigenvalue weighted by Crippen LogP contribution is -2.31. The number of aliphatic imine (C=N–C) groups is 1. The SMILES string of the molecule is CC(C)(C)c1cc(C=N[C@H](CP(c2ccccc2)c2ccccc2)C(C)(C)C)nc(C(C)(C)C)c1. The summed E-state index contributed by atoms with van der Waals surface area (Å²) in [5, 5.41) is 2.81. The van der Waals surface area contributed by atoms with Crippen molar-refractivity contribution in [3.63, 3.8) is 0 Å². The molecule has 0 amide bonds. The zero-order valence-corrected chi connectivity index (χ0v) is 24.0. The van der Waals surface area contributed by atoms with Crippen LogP contribution in [0.1, 0.15) is 79.3 Å². The molecule has 1 atom stereocenters. The van der Waals surface area contributed by atoms with Gasteiger partial charge >= 0.3 is 0 Å². The molecule has 3 aromatic rings. The lowest BCUT2D eigenvalue weighted by molar-refractivity contribution is 0.346. The molecule has 3 heteroatoms. The van der Waals surface area contributed by atoms with Crippen molar-refractivity contribution in [2.75, 3.05) is 6.16 Å². The van der Waals surface area contributed by atoms with Gasteiger partial charge in [0.2, 0.25) is 0 Å². The maximum absolute atomic E-state index is 5.23. The molecular formula is C32H43N2P. The Hall–Kier alpha value is -2.31. The van der Waals surface area contributed by atoms with Gasteiger partial charge in [0.25, 0.3) is 0 Å². The molecule has 186 valence electrons. The van der Waals surface area contributed by atoms with Crippen LogP contribution in [-0.4, -0.2) is 23.4 Å². The Bertz CT molecular complexity index is 1040. The Morgan fingerprint density at radius 2 is 1.26 bits per heavy atom. The average molecular weight is 487 g/mol. The van der Waals surface area contributed by atoms with Gasteiger partial charge in [0.15, 0.2) is 0 Å². The van der Waals surface area contributed by atoms with E-state index >= 15 is 0 Å². The summed E-state index contributed by atoms with van der Waals surface area (Å²) in [4.78, 5) is 10.3. The quantitative estimate of drug-likeness (QED) is 0.260. The lowest BCUT2D eigenvalue weighted by atomic mass is 9.83. The first kappa shape index (κ1) is 27.3. The molecule has 3 rings (SSSR count). The first-order chi connectivity index (χ1) is 16.2. The molecule has 1 heterocycles. The Kier molecular flexibility index (Phi) is 8.38. The number of benzene rings is 2. The number of rotatable bonds is 6. The van der Waals surface area contributed by atoms with Crippen LogP contribution in [-0.2, 0) is 10.8 Å². The van der Waals surface area contributed by atoms with Crippen molar-refractivity contribution in [1.82, 2.24) is 4.98 Å². The molecular weight excluding hydrogens is 443 g/mol. The molecule has 0 aliphatic carbocycles. The van der Waals surface area contributed by atoms with Crippen molar-refractivity contribution in [2.24, 2.45) is 10.4 Å². The van der Waals surface area contributed by atoms with Crippen molar-refractivity contribution >= 4 is 24.7 Å². The Balaban J connectivity index is 2.01. The van der Waals surface area contributed by atoms with E-state index in [0.717, 1.165) is 17.5 Å². The molecule has 0 aliphatic rings. The predicted molar refractivity (Wildman–Crippen MR) is 156 cm³/mol. The van der Waals surface area contributed by atoms with Crippen LogP contribution < -0.4 is 10.6 Å². The zero-order valence-electron chi connectivity index (χ0n) is 23.1. The van der Waals surface area contributed by atoms with Crippen LogP contribution in [0.25, 0.3) is 0 Å². The highest BCUT2D eigenvalue weighted by atomic mass is 31.1. The summed E-state index contributed by atoms with van der Waals surface area (Å²) < 4.78 is 0. The normalized spacial score (nSPS) is 14.0. The molecule has 0 spiro atoms. The summed E-state index contributed by atoms with van der Waals surface area (Å²) in [6.45, 7) is 20.4. The van der Waals surface area contributed by atoms with Crippen molar-refractivity contribution in [1.29, 1.82) is 0 Å². The fourth-order valence-electron chi connectivity index (χ4n) is 3.89. The highest BCUT2D eigenvalue weighted by Crippen LogP contribution is 2.39. The van der Waals surface area contributed by atoms with E-state index in [0.29, 0.717) is 0 Å². The van der Waals surface area contributed by atoms with Gasteiger partial charge in [-0.2, -0.15) is 0 Å². The van der Waals surface area contributed by atoms with E-state index in [1.165, 1.54) is 16.2 Å². The highest BCUT2D eigenvalue weighted by molar-refractivity contribution is 7.73. The Labute approximate surface area is 215 Å². The molecule has 0 saturated carbocycles. The fraction of sp³-hybridized carbons (Fsp3) is 0.438. The van der Waals surface area contributed by atoms with Gasteiger partial charge in [0, 0.05) is 17.3 Å². The Morgan fingerprint density at radius 3 is 1.69 bits per heavy atom. The molecule has 2 aromatic carbocycles. The van der Waals surface area contributed by atoms with Crippen molar-refractivity contribution in [2.45, 2.75) is 79.2 Å². The molecule has 0 radical (unpaired) electrons. The summed E-state index contributed by atoms with van der Waals surface area (Å²) in [7, 11) is -0.519. The smallest absolute Gasteiger partial charge is 0.0814 e. The lowest BCUT2D eigenvalue weighted by Gasteiger charge is -2.31. The summed E-state index contributed by atoms with van der Waals surface area (Å²) in [6.07, 6.45) is 3.04. The van der Waals surface area contributed by atoms with E-state index in [4.69, 9.17) is 9.98 Å². The minimum Gasteiger partial charge on any atom is -0.287 e. The van der Waals surface area contributed by atoms with Gasteiger partial charge in [-0.3, -0.25) is 9.98 Å². The molecule has 0 saturated heterocycles. The van der Waals surface area contributed by atoms with Crippen LogP contribution >= 0.6 is 7.92 Å². The highest BCUT2D eigenvalue weighted by Gasteiger charge is 2.28. The largest absolute Gasteiger partial charge is 0.287 e.